The average molecular weight is 280 g/mol. The van der Waals surface area contributed by atoms with Gasteiger partial charge in [-0.25, -0.2) is 4.79 Å². The minimum absolute atomic E-state index is 0.276. The van der Waals surface area contributed by atoms with Gasteiger partial charge in [0.05, 0.1) is 6.54 Å². The molecule has 112 valence electrons. The lowest BCUT2D eigenvalue weighted by Crippen LogP contribution is -2.48. The quantitative estimate of drug-likeness (QED) is 0.896. The summed E-state index contributed by atoms with van der Waals surface area (Å²) in [6, 6.07) is 2.29. The number of hydrogen-bond acceptors (Lipinski definition) is 4. The number of carboxylic acids is 1. The normalized spacial score (nSPS) is 19.1. The second-order valence-electron chi connectivity index (χ2n) is 5.56. The predicted molar refractivity (Wildman–Crippen MR) is 77.0 cm³/mol. The molecule has 0 aromatic carbocycles. The number of carboxylic acid groups (broad SMARTS) is 1. The molecule has 0 saturated carbocycles. The molecule has 1 aliphatic heterocycles. The van der Waals surface area contributed by atoms with Crippen LogP contribution in [-0.4, -0.2) is 53.1 Å². The Balaban J connectivity index is 1.89. The van der Waals surface area contributed by atoms with Crippen LogP contribution in [0.2, 0.25) is 0 Å². The zero-order chi connectivity index (χ0) is 14.7. The van der Waals surface area contributed by atoms with Crippen LogP contribution in [0.4, 0.5) is 0 Å². The Labute approximate surface area is 120 Å². The van der Waals surface area contributed by atoms with E-state index < -0.39 is 5.97 Å². The van der Waals surface area contributed by atoms with Gasteiger partial charge in [-0.1, -0.05) is 6.92 Å². The lowest BCUT2D eigenvalue weighted by molar-refractivity contribution is 0.0695. The molecule has 0 radical (unpaired) electrons. The largest absolute Gasteiger partial charge is 0.478 e. The van der Waals surface area contributed by atoms with Gasteiger partial charge in [-0.2, -0.15) is 0 Å². The van der Waals surface area contributed by atoms with Crippen LogP contribution in [0.5, 0.6) is 0 Å². The molecule has 2 rings (SSSR count). The molecule has 0 aliphatic carbocycles. The highest BCUT2D eigenvalue weighted by atomic mass is 16.4. The van der Waals surface area contributed by atoms with Gasteiger partial charge in [0.2, 0.25) is 0 Å². The number of piperazine rings is 1. The third kappa shape index (κ3) is 3.41. The first-order valence-electron chi connectivity index (χ1n) is 7.30. The van der Waals surface area contributed by atoms with Gasteiger partial charge in [0.1, 0.15) is 17.1 Å². The molecule has 1 fully saturated rings. The van der Waals surface area contributed by atoms with Crippen molar-refractivity contribution in [2.75, 3.05) is 26.2 Å². The molecule has 1 atom stereocenters. The highest BCUT2D eigenvalue weighted by Gasteiger charge is 2.22. The minimum atomic E-state index is -0.918. The van der Waals surface area contributed by atoms with Crippen LogP contribution in [0.25, 0.3) is 0 Å². The molecule has 1 aromatic rings. The number of nitrogens with zero attached hydrogens (tertiary/aromatic N) is 2. The first kappa shape index (κ1) is 15.1. The van der Waals surface area contributed by atoms with E-state index in [0.717, 1.165) is 31.9 Å². The van der Waals surface area contributed by atoms with Crippen molar-refractivity contribution in [1.29, 1.82) is 0 Å². The molecule has 1 N–H and O–H groups in total. The van der Waals surface area contributed by atoms with E-state index in [4.69, 9.17) is 9.52 Å². The van der Waals surface area contributed by atoms with E-state index in [9.17, 15) is 4.79 Å². The summed E-state index contributed by atoms with van der Waals surface area (Å²) in [5.41, 5.74) is 0.276. The van der Waals surface area contributed by atoms with Gasteiger partial charge in [-0.05, 0) is 26.3 Å². The van der Waals surface area contributed by atoms with Crippen LogP contribution in [0.15, 0.2) is 10.5 Å². The van der Waals surface area contributed by atoms with Crippen LogP contribution >= 0.6 is 0 Å². The molecule has 2 heterocycles. The third-order valence-electron chi connectivity index (χ3n) is 4.20. The molecule has 1 saturated heterocycles. The maximum Gasteiger partial charge on any atom is 0.339 e. The monoisotopic (exact) mass is 280 g/mol. The van der Waals surface area contributed by atoms with Crippen LogP contribution in [-0.2, 0) is 6.54 Å². The first-order chi connectivity index (χ1) is 9.51. The summed E-state index contributed by atoms with van der Waals surface area (Å²) in [5, 5.41) is 9.03. The molecule has 0 bridgehead atoms. The Kier molecular flexibility index (Phi) is 4.83. The maximum atomic E-state index is 11.0. The summed E-state index contributed by atoms with van der Waals surface area (Å²) in [6.07, 6.45) is 1.18. The first-order valence-corrected chi connectivity index (χ1v) is 7.30. The summed E-state index contributed by atoms with van der Waals surface area (Å²) in [4.78, 5) is 15.8. The SMILES string of the molecule is CCC(C)N1CCN(Cc2cc(C(=O)O)c(C)o2)CC1. The van der Waals surface area contributed by atoms with Gasteiger partial charge in [0.15, 0.2) is 0 Å². The molecule has 1 aromatic heterocycles. The van der Waals surface area contributed by atoms with Crippen molar-refractivity contribution in [3.8, 4) is 0 Å². The van der Waals surface area contributed by atoms with E-state index in [1.54, 1.807) is 13.0 Å². The topological polar surface area (TPSA) is 56.9 Å². The Morgan fingerprint density at radius 3 is 2.55 bits per heavy atom. The lowest BCUT2D eigenvalue weighted by atomic mass is 10.2. The van der Waals surface area contributed by atoms with Crippen LogP contribution in [0, 0.1) is 6.92 Å². The Morgan fingerprint density at radius 2 is 2.05 bits per heavy atom. The van der Waals surface area contributed by atoms with Crippen LogP contribution < -0.4 is 0 Å². The Bertz CT molecular complexity index is 462. The van der Waals surface area contributed by atoms with Crippen molar-refractivity contribution in [3.05, 3.63) is 23.2 Å². The molecule has 0 amide bonds. The molecule has 5 heteroatoms. The zero-order valence-electron chi connectivity index (χ0n) is 12.6. The van der Waals surface area contributed by atoms with Gasteiger partial charge in [0, 0.05) is 32.2 Å². The summed E-state index contributed by atoms with van der Waals surface area (Å²) in [7, 11) is 0. The number of rotatable bonds is 5. The van der Waals surface area contributed by atoms with Crippen LogP contribution in [0.3, 0.4) is 0 Å². The number of aromatic carboxylic acids is 1. The highest BCUT2D eigenvalue weighted by molar-refractivity contribution is 5.88. The van der Waals surface area contributed by atoms with E-state index in [2.05, 4.69) is 23.6 Å². The van der Waals surface area contributed by atoms with Crippen molar-refractivity contribution in [2.45, 2.75) is 39.8 Å². The third-order valence-corrected chi connectivity index (χ3v) is 4.20. The van der Waals surface area contributed by atoms with Crippen molar-refractivity contribution in [2.24, 2.45) is 0 Å². The summed E-state index contributed by atoms with van der Waals surface area (Å²) < 4.78 is 5.54. The second kappa shape index (κ2) is 6.41. The summed E-state index contributed by atoms with van der Waals surface area (Å²) in [5.74, 6) is 0.321. The van der Waals surface area contributed by atoms with E-state index in [-0.39, 0.29) is 5.56 Å². The zero-order valence-corrected chi connectivity index (χ0v) is 12.6. The smallest absolute Gasteiger partial charge is 0.339 e. The number of aryl methyl sites for hydroxylation is 1. The van der Waals surface area contributed by atoms with E-state index in [0.29, 0.717) is 18.3 Å². The standard InChI is InChI=1S/C15H24N2O3/c1-4-11(2)17-7-5-16(6-8-17)10-13-9-14(15(18)19)12(3)20-13/h9,11H,4-8,10H2,1-3H3,(H,18,19). The fraction of sp³-hybridized carbons (Fsp3) is 0.667. The lowest BCUT2D eigenvalue weighted by Gasteiger charge is -2.37. The Hall–Kier alpha value is -1.33. The molecule has 5 nitrogen and oxygen atoms in total. The van der Waals surface area contributed by atoms with Gasteiger partial charge in [0.25, 0.3) is 0 Å². The van der Waals surface area contributed by atoms with Crippen molar-refractivity contribution in [3.63, 3.8) is 0 Å². The van der Waals surface area contributed by atoms with Crippen molar-refractivity contribution in [1.82, 2.24) is 9.80 Å². The summed E-state index contributed by atoms with van der Waals surface area (Å²) >= 11 is 0. The number of carbonyl (C=O) groups is 1. The van der Waals surface area contributed by atoms with E-state index in [1.807, 2.05) is 0 Å². The Morgan fingerprint density at radius 1 is 1.40 bits per heavy atom. The molecule has 1 unspecified atom stereocenters. The van der Waals surface area contributed by atoms with Crippen molar-refractivity contribution < 1.29 is 14.3 Å². The average Bonchev–Trinajstić information content (AvgIpc) is 2.79. The molecule has 0 spiro atoms. The minimum Gasteiger partial charge on any atom is -0.478 e. The van der Waals surface area contributed by atoms with Crippen LogP contribution in [0.1, 0.15) is 42.1 Å². The molecule has 20 heavy (non-hydrogen) atoms. The van der Waals surface area contributed by atoms with Crippen molar-refractivity contribution >= 4 is 5.97 Å². The summed E-state index contributed by atoms with van der Waals surface area (Å²) in [6.45, 7) is 11.0. The van der Waals surface area contributed by atoms with Gasteiger partial charge in [-0.3, -0.25) is 9.80 Å². The predicted octanol–water partition coefficient (Wildman–Crippen LogP) is 2.20. The van der Waals surface area contributed by atoms with E-state index >= 15 is 0 Å². The molecular formula is C15H24N2O3. The number of hydrogen-bond donors (Lipinski definition) is 1. The fourth-order valence-electron chi connectivity index (χ4n) is 2.67. The van der Waals surface area contributed by atoms with E-state index in [1.165, 1.54) is 6.42 Å². The fourth-order valence-corrected chi connectivity index (χ4v) is 2.67. The molecular weight excluding hydrogens is 256 g/mol. The highest BCUT2D eigenvalue weighted by Crippen LogP contribution is 2.18. The van der Waals surface area contributed by atoms with Gasteiger partial charge < -0.3 is 9.52 Å². The second-order valence-corrected chi connectivity index (χ2v) is 5.56. The van der Waals surface area contributed by atoms with Gasteiger partial charge in [-0.15, -0.1) is 0 Å². The number of furan rings is 1. The van der Waals surface area contributed by atoms with Gasteiger partial charge >= 0.3 is 5.97 Å². The maximum absolute atomic E-state index is 11.0. The molecule has 1 aliphatic rings.